The van der Waals surface area contributed by atoms with Crippen LogP contribution in [0.25, 0.3) is 11.1 Å². The van der Waals surface area contributed by atoms with Gasteiger partial charge in [0, 0.05) is 0 Å². The summed E-state index contributed by atoms with van der Waals surface area (Å²) in [5.74, 6) is 0.949. The van der Waals surface area contributed by atoms with E-state index in [0.29, 0.717) is 0 Å². The average Bonchev–Trinajstić information content (AvgIpc) is 3.15. The Balaban J connectivity index is 1.78. The van der Waals surface area contributed by atoms with Crippen LogP contribution >= 0.6 is 0 Å². The molecule has 1 aliphatic heterocycles. The Hall–Kier alpha value is -2.74. The van der Waals surface area contributed by atoms with E-state index in [2.05, 4.69) is 90.7 Å². The number of hydrogen-bond donors (Lipinski definition) is 0. The van der Waals surface area contributed by atoms with Crippen molar-refractivity contribution in [3.63, 3.8) is 0 Å². The molecule has 1 aliphatic rings. The van der Waals surface area contributed by atoms with Crippen LogP contribution < -0.4 is 13.8 Å². The Morgan fingerprint density at radius 2 is 1.58 bits per heavy atom. The van der Waals surface area contributed by atoms with E-state index < -0.39 is 0 Å². The predicted molar refractivity (Wildman–Crippen MR) is 109 cm³/mol. The van der Waals surface area contributed by atoms with E-state index in [1.165, 1.54) is 31.3 Å². The third-order valence-corrected chi connectivity index (χ3v) is 6.92. The van der Waals surface area contributed by atoms with Crippen LogP contribution in [0.2, 0.25) is 0 Å². The number of fused-ring (bicyclic) bond motifs is 2. The summed E-state index contributed by atoms with van der Waals surface area (Å²) in [5.41, 5.74) is 6.06. The van der Waals surface area contributed by atoms with Gasteiger partial charge in [0.25, 0.3) is 0 Å². The topological polar surface area (TPSA) is 16.4 Å². The zero-order valence-electron chi connectivity index (χ0n) is 14.3. The molecule has 5 rings (SSSR count). The van der Waals surface area contributed by atoms with E-state index in [0.717, 1.165) is 11.6 Å². The quantitative estimate of drug-likeness (QED) is 0.398. The maximum atomic E-state index is 5.94. The normalized spacial score (nSPS) is 12.6. The van der Waals surface area contributed by atoms with Crippen LogP contribution in [0.1, 0.15) is 5.56 Å². The average molecular weight is 402 g/mol. The fourth-order valence-electron chi connectivity index (χ4n) is 3.42. The number of anilines is 3. The van der Waals surface area contributed by atoms with Crippen molar-refractivity contribution in [3.8, 4) is 11.1 Å². The van der Waals surface area contributed by atoms with Crippen molar-refractivity contribution >= 4 is 41.1 Å². The molecule has 0 amide bonds. The van der Waals surface area contributed by atoms with E-state index in [1.54, 1.807) is 0 Å². The van der Waals surface area contributed by atoms with Gasteiger partial charge in [0.1, 0.15) is 0 Å². The molecule has 0 saturated carbocycles. The first-order chi connectivity index (χ1) is 12.8. The Kier molecular flexibility index (Phi) is 3.70. The number of nitrogens with zero attached hydrogens (tertiary/aromatic N) is 1. The van der Waals surface area contributed by atoms with Gasteiger partial charge in [-0.3, -0.25) is 0 Å². The summed E-state index contributed by atoms with van der Waals surface area (Å²) in [7, 11) is 0. The summed E-state index contributed by atoms with van der Waals surface area (Å²) >= 11 is 0.271. The van der Waals surface area contributed by atoms with E-state index in [4.69, 9.17) is 4.42 Å². The zero-order valence-corrected chi connectivity index (χ0v) is 16.1. The van der Waals surface area contributed by atoms with Crippen molar-refractivity contribution in [1.29, 1.82) is 0 Å². The summed E-state index contributed by atoms with van der Waals surface area (Å²) in [4.78, 5) is 2.28. The molecular formula is C23H17NOSe. The molecule has 3 aromatic carbocycles. The minimum atomic E-state index is 0.271. The van der Waals surface area contributed by atoms with Crippen LogP contribution in [-0.2, 0) is 0 Å². The molecule has 0 N–H and O–H groups in total. The summed E-state index contributed by atoms with van der Waals surface area (Å²) in [6.07, 6.45) is 1.81. The Bertz CT molecular complexity index is 1080. The number of hydrogen-bond acceptors (Lipinski definition) is 2. The van der Waals surface area contributed by atoms with Crippen molar-refractivity contribution in [2.75, 3.05) is 4.90 Å². The molecule has 4 aromatic rings. The number of rotatable bonds is 2. The minimum absolute atomic E-state index is 0.271. The van der Waals surface area contributed by atoms with Crippen molar-refractivity contribution < 1.29 is 4.42 Å². The van der Waals surface area contributed by atoms with Gasteiger partial charge in [-0.2, -0.15) is 0 Å². The standard InChI is InChI=1S/C23H17NOSe/c1-16-11-12-19(18(15-16)17-7-3-2-4-8-17)24-20-9-5-6-10-21(20)26-22-13-14-25-23(22)24/h2-15H,1H3. The molecule has 1 aromatic heterocycles. The van der Waals surface area contributed by atoms with Gasteiger partial charge in [-0.05, 0) is 0 Å². The molecule has 26 heavy (non-hydrogen) atoms. The molecule has 3 heteroatoms. The van der Waals surface area contributed by atoms with Crippen molar-refractivity contribution in [1.82, 2.24) is 0 Å². The van der Waals surface area contributed by atoms with Crippen LogP contribution in [0.15, 0.2) is 89.5 Å². The van der Waals surface area contributed by atoms with Crippen molar-refractivity contribution in [3.05, 3.63) is 90.7 Å². The first-order valence-electron chi connectivity index (χ1n) is 8.62. The van der Waals surface area contributed by atoms with Crippen LogP contribution in [-0.4, -0.2) is 15.0 Å². The van der Waals surface area contributed by atoms with Gasteiger partial charge in [-0.25, -0.2) is 0 Å². The van der Waals surface area contributed by atoms with Crippen LogP contribution in [0.4, 0.5) is 17.3 Å². The second kappa shape index (κ2) is 6.21. The van der Waals surface area contributed by atoms with Gasteiger partial charge in [0.05, 0.1) is 0 Å². The van der Waals surface area contributed by atoms with Gasteiger partial charge in [0.2, 0.25) is 0 Å². The molecule has 0 saturated heterocycles. The monoisotopic (exact) mass is 403 g/mol. The number of para-hydroxylation sites is 1. The number of aryl methyl sites for hydroxylation is 1. The molecule has 0 radical (unpaired) electrons. The fourth-order valence-corrected chi connectivity index (χ4v) is 5.51. The van der Waals surface area contributed by atoms with Crippen molar-refractivity contribution in [2.45, 2.75) is 6.92 Å². The Labute approximate surface area is 159 Å². The maximum absolute atomic E-state index is 5.94. The molecule has 0 atom stereocenters. The van der Waals surface area contributed by atoms with E-state index in [1.807, 2.05) is 6.26 Å². The summed E-state index contributed by atoms with van der Waals surface area (Å²) in [6, 6.07) is 28.0. The van der Waals surface area contributed by atoms with E-state index in [-0.39, 0.29) is 15.0 Å². The van der Waals surface area contributed by atoms with Crippen LogP contribution in [0.3, 0.4) is 0 Å². The summed E-state index contributed by atoms with van der Waals surface area (Å²) in [6.45, 7) is 2.14. The van der Waals surface area contributed by atoms with Gasteiger partial charge >= 0.3 is 159 Å². The molecule has 2 heterocycles. The van der Waals surface area contributed by atoms with Gasteiger partial charge in [-0.15, -0.1) is 0 Å². The first kappa shape index (κ1) is 15.5. The van der Waals surface area contributed by atoms with Crippen LogP contribution in [0.5, 0.6) is 0 Å². The predicted octanol–water partition coefficient (Wildman–Crippen LogP) is 4.69. The van der Waals surface area contributed by atoms with Gasteiger partial charge < -0.3 is 0 Å². The zero-order chi connectivity index (χ0) is 17.5. The Morgan fingerprint density at radius 1 is 0.769 bits per heavy atom. The van der Waals surface area contributed by atoms with E-state index >= 15 is 0 Å². The molecule has 0 bridgehead atoms. The van der Waals surface area contributed by atoms with Gasteiger partial charge in [-0.1, -0.05) is 0 Å². The second-order valence-electron chi connectivity index (χ2n) is 6.38. The fraction of sp³-hybridized carbons (Fsp3) is 0.0435. The SMILES string of the molecule is Cc1ccc(N2c3ccccc3[Se]c3ccoc32)c(-c2ccccc2)c1. The third-order valence-electron chi connectivity index (χ3n) is 4.62. The molecule has 0 unspecified atom stereocenters. The number of benzene rings is 3. The molecule has 2 nitrogen and oxygen atoms in total. The molecule has 0 fully saturated rings. The Morgan fingerprint density at radius 3 is 2.46 bits per heavy atom. The molecule has 126 valence electrons. The molecular weight excluding hydrogens is 385 g/mol. The van der Waals surface area contributed by atoms with Crippen molar-refractivity contribution in [2.24, 2.45) is 0 Å². The van der Waals surface area contributed by atoms with Crippen LogP contribution in [0, 0.1) is 6.92 Å². The second-order valence-corrected chi connectivity index (χ2v) is 8.66. The molecule has 0 aliphatic carbocycles. The van der Waals surface area contributed by atoms with Gasteiger partial charge in [0.15, 0.2) is 0 Å². The first-order valence-corrected chi connectivity index (χ1v) is 10.3. The third kappa shape index (κ3) is 2.48. The summed E-state index contributed by atoms with van der Waals surface area (Å²) in [5, 5.41) is 0. The summed E-state index contributed by atoms with van der Waals surface area (Å²) < 4.78 is 8.61. The molecule has 0 spiro atoms. The van der Waals surface area contributed by atoms with E-state index in [9.17, 15) is 0 Å². The number of furan rings is 1.